The maximum atomic E-state index is 12.7. The number of carbonyl (C=O) groups excluding carboxylic acids is 1. The lowest BCUT2D eigenvalue weighted by molar-refractivity contribution is -0.137. The molecule has 1 aliphatic heterocycles. The number of amides is 1. The Kier molecular flexibility index (Phi) is 6.93. The summed E-state index contributed by atoms with van der Waals surface area (Å²) in [6, 6.07) is 9.74. The first-order valence-electron chi connectivity index (χ1n) is 10.8. The number of hydrogen-bond donors (Lipinski definition) is 1. The monoisotopic (exact) mass is 465 g/mol. The fourth-order valence-electron chi connectivity index (χ4n) is 3.65. The van der Waals surface area contributed by atoms with Gasteiger partial charge in [-0.1, -0.05) is 12.1 Å². The van der Waals surface area contributed by atoms with Crippen molar-refractivity contribution in [2.75, 3.05) is 11.9 Å². The molecule has 2 aromatic rings. The second-order valence-corrected chi connectivity index (χ2v) is 9.55. The molecule has 0 aliphatic carbocycles. The Bertz CT molecular complexity index is 952. The molecular formula is C24H30F3N3O3. The van der Waals surface area contributed by atoms with Gasteiger partial charge in [-0.05, 0) is 77.3 Å². The number of aryl methyl sites for hydroxylation is 1. The Hall–Kier alpha value is -2.81. The SMILES string of the molecule is CC(C)(C)OC(=O)N1[C@@H](CCc2ccc(Nc3ccc(C(F)(F)F)cn3)cc2)COC1(C)C. The average Bonchev–Trinajstić information content (AvgIpc) is 3.00. The van der Waals surface area contributed by atoms with E-state index in [0.717, 1.165) is 24.2 Å². The van der Waals surface area contributed by atoms with Crippen molar-refractivity contribution in [3.63, 3.8) is 0 Å². The second kappa shape index (κ2) is 9.21. The van der Waals surface area contributed by atoms with Crippen LogP contribution in [0.25, 0.3) is 0 Å². The standard InChI is InChI=1S/C24H30F3N3O3/c1-22(2,3)33-21(31)30-19(15-32-23(30,4)5)12-8-16-6-10-18(11-7-16)29-20-13-9-17(14-28-20)24(25,26)27/h6-7,9-11,13-14,19H,8,12,15H2,1-5H3,(H,28,29)/t19-/m0/s1. The van der Waals surface area contributed by atoms with E-state index < -0.39 is 29.2 Å². The number of hydrogen-bond acceptors (Lipinski definition) is 5. The van der Waals surface area contributed by atoms with Crippen LogP contribution < -0.4 is 5.32 Å². The molecule has 6 nitrogen and oxygen atoms in total. The highest BCUT2D eigenvalue weighted by Gasteiger charge is 2.45. The van der Waals surface area contributed by atoms with Crippen molar-refractivity contribution in [1.82, 2.24) is 9.88 Å². The van der Waals surface area contributed by atoms with Crippen LogP contribution in [0.3, 0.4) is 0 Å². The van der Waals surface area contributed by atoms with Crippen molar-refractivity contribution in [3.05, 3.63) is 53.7 Å². The summed E-state index contributed by atoms with van der Waals surface area (Å²) in [7, 11) is 0. The van der Waals surface area contributed by atoms with E-state index in [-0.39, 0.29) is 6.04 Å². The van der Waals surface area contributed by atoms with E-state index in [1.54, 1.807) is 4.90 Å². The minimum Gasteiger partial charge on any atom is -0.444 e. The zero-order valence-corrected chi connectivity index (χ0v) is 19.5. The molecule has 33 heavy (non-hydrogen) atoms. The van der Waals surface area contributed by atoms with Crippen LogP contribution in [0, 0.1) is 0 Å². The lowest BCUT2D eigenvalue weighted by Crippen LogP contribution is -2.49. The lowest BCUT2D eigenvalue weighted by Gasteiger charge is -2.35. The molecule has 1 aliphatic rings. The predicted octanol–water partition coefficient (Wildman–Crippen LogP) is 6.15. The van der Waals surface area contributed by atoms with Gasteiger partial charge in [0.05, 0.1) is 18.2 Å². The normalized spacial score (nSPS) is 18.3. The van der Waals surface area contributed by atoms with Gasteiger partial charge in [0, 0.05) is 11.9 Å². The lowest BCUT2D eigenvalue weighted by atomic mass is 10.0. The van der Waals surface area contributed by atoms with E-state index in [1.165, 1.54) is 6.07 Å². The van der Waals surface area contributed by atoms with E-state index in [2.05, 4.69) is 10.3 Å². The fraction of sp³-hybridized carbons (Fsp3) is 0.500. The zero-order chi connectivity index (χ0) is 24.4. The van der Waals surface area contributed by atoms with Crippen molar-refractivity contribution in [2.45, 2.75) is 71.0 Å². The van der Waals surface area contributed by atoms with Crippen LogP contribution in [0.4, 0.5) is 29.5 Å². The number of nitrogens with one attached hydrogen (secondary N) is 1. The molecule has 1 atom stereocenters. The van der Waals surface area contributed by atoms with Gasteiger partial charge >= 0.3 is 12.3 Å². The highest BCUT2D eigenvalue weighted by molar-refractivity contribution is 5.69. The van der Waals surface area contributed by atoms with Crippen molar-refractivity contribution < 1.29 is 27.4 Å². The summed E-state index contributed by atoms with van der Waals surface area (Å²) < 4.78 is 49.4. The Balaban J connectivity index is 1.59. The molecule has 2 heterocycles. The van der Waals surface area contributed by atoms with Gasteiger partial charge in [-0.25, -0.2) is 9.78 Å². The largest absolute Gasteiger partial charge is 0.444 e. The first kappa shape index (κ1) is 24.8. The van der Waals surface area contributed by atoms with Crippen LogP contribution in [0.15, 0.2) is 42.6 Å². The number of pyridine rings is 1. The molecule has 3 rings (SSSR count). The summed E-state index contributed by atoms with van der Waals surface area (Å²) in [6.07, 6.45) is -2.57. The summed E-state index contributed by atoms with van der Waals surface area (Å²) in [5.74, 6) is 0.328. The van der Waals surface area contributed by atoms with Gasteiger partial charge in [0.2, 0.25) is 0 Å². The van der Waals surface area contributed by atoms with Crippen LogP contribution in [-0.4, -0.2) is 40.0 Å². The van der Waals surface area contributed by atoms with Crippen molar-refractivity contribution in [2.24, 2.45) is 0 Å². The van der Waals surface area contributed by atoms with Gasteiger partial charge in [0.25, 0.3) is 0 Å². The van der Waals surface area contributed by atoms with Gasteiger partial charge in [-0.15, -0.1) is 0 Å². The molecule has 1 fully saturated rings. The summed E-state index contributed by atoms with van der Waals surface area (Å²) >= 11 is 0. The molecule has 1 saturated heterocycles. The van der Waals surface area contributed by atoms with Gasteiger partial charge in [-0.3, -0.25) is 4.90 Å². The summed E-state index contributed by atoms with van der Waals surface area (Å²) in [5.41, 5.74) is -0.343. The van der Waals surface area contributed by atoms with E-state index in [4.69, 9.17) is 9.47 Å². The highest BCUT2D eigenvalue weighted by Crippen LogP contribution is 2.32. The molecule has 1 amide bonds. The summed E-state index contributed by atoms with van der Waals surface area (Å²) in [4.78, 5) is 18.2. The summed E-state index contributed by atoms with van der Waals surface area (Å²) in [5, 5.41) is 2.99. The first-order chi connectivity index (χ1) is 15.2. The smallest absolute Gasteiger partial charge is 0.417 e. The zero-order valence-electron chi connectivity index (χ0n) is 19.5. The number of anilines is 2. The number of halogens is 3. The summed E-state index contributed by atoms with van der Waals surface area (Å²) in [6.45, 7) is 9.64. The van der Waals surface area contributed by atoms with Gasteiger partial charge in [0.1, 0.15) is 17.1 Å². The van der Waals surface area contributed by atoms with E-state index in [0.29, 0.717) is 24.5 Å². The minimum absolute atomic E-state index is 0.107. The van der Waals surface area contributed by atoms with E-state index >= 15 is 0 Å². The molecule has 0 radical (unpaired) electrons. The number of carbonyl (C=O) groups is 1. The molecule has 180 valence electrons. The molecule has 9 heteroatoms. The Morgan fingerprint density at radius 3 is 2.39 bits per heavy atom. The highest BCUT2D eigenvalue weighted by atomic mass is 19.4. The van der Waals surface area contributed by atoms with Gasteiger partial charge in [0.15, 0.2) is 0 Å². The number of benzene rings is 1. The maximum absolute atomic E-state index is 12.7. The van der Waals surface area contributed by atoms with Crippen LogP contribution in [0.5, 0.6) is 0 Å². The molecule has 1 aromatic carbocycles. The molecular weight excluding hydrogens is 435 g/mol. The van der Waals surface area contributed by atoms with Crippen molar-refractivity contribution in [1.29, 1.82) is 0 Å². The van der Waals surface area contributed by atoms with Gasteiger partial charge in [-0.2, -0.15) is 13.2 Å². The number of ether oxygens (including phenoxy) is 2. The Morgan fingerprint density at radius 2 is 1.85 bits per heavy atom. The first-order valence-corrected chi connectivity index (χ1v) is 10.8. The van der Waals surface area contributed by atoms with Crippen LogP contribution in [0.1, 0.15) is 52.2 Å². The number of alkyl halides is 3. The van der Waals surface area contributed by atoms with Crippen LogP contribution >= 0.6 is 0 Å². The predicted molar refractivity (Wildman–Crippen MR) is 119 cm³/mol. The maximum Gasteiger partial charge on any atom is 0.417 e. The number of nitrogens with zero attached hydrogens (tertiary/aromatic N) is 2. The van der Waals surface area contributed by atoms with E-state index in [9.17, 15) is 18.0 Å². The third kappa shape index (κ3) is 6.60. The molecule has 0 saturated carbocycles. The molecule has 1 aromatic heterocycles. The quantitative estimate of drug-likeness (QED) is 0.574. The number of rotatable bonds is 5. The Morgan fingerprint density at radius 1 is 1.18 bits per heavy atom. The molecule has 0 spiro atoms. The number of aromatic nitrogens is 1. The third-order valence-electron chi connectivity index (χ3n) is 5.25. The second-order valence-electron chi connectivity index (χ2n) is 9.55. The molecule has 0 unspecified atom stereocenters. The minimum atomic E-state index is -4.41. The molecule has 0 bridgehead atoms. The van der Waals surface area contributed by atoms with Crippen molar-refractivity contribution >= 4 is 17.6 Å². The average molecular weight is 466 g/mol. The topological polar surface area (TPSA) is 63.7 Å². The van der Waals surface area contributed by atoms with E-state index in [1.807, 2.05) is 58.9 Å². The Labute approximate surface area is 192 Å². The fourth-order valence-corrected chi connectivity index (χ4v) is 3.65. The van der Waals surface area contributed by atoms with Crippen LogP contribution in [-0.2, 0) is 22.1 Å². The molecule has 1 N–H and O–H groups in total. The van der Waals surface area contributed by atoms with Crippen LogP contribution in [0.2, 0.25) is 0 Å². The van der Waals surface area contributed by atoms with Crippen molar-refractivity contribution in [3.8, 4) is 0 Å². The van der Waals surface area contributed by atoms with Gasteiger partial charge < -0.3 is 14.8 Å². The third-order valence-corrected chi connectivity index (χ3v) is 5.25.